The van der Waals surface area contributed by atoms with Gasteiger partial charge in [-0.2, -0.15) is 4.98 Å². The van der Waals surface area contributed by atoms with Gasteiger partial charge in [-0.25, -0.2) is 19.3 Å². The molecule has 0 radical (unpaired) electrons. The van der Waals surface area contributed by atoms with E-state index in [0.717, 1.165) is 55.6 Å². The molecule has 2 N–H and O–H groups in total. The molecule has 1 atom stereocenters. The van der Waals surface area contributed by atoms with Gasteiger partial charge < -0.3 is 20.1 Å². The van der Waals surface area contributed by atoms with Crippen LogP contribution in [0.1, 0.15) is 43.9 Å². The van der Waals surface area contributed by atoms with Crippen molar-refractivity contribution in [1.82, 2.24) is 24.3 Å². The highest BCUT2D eigenvalue weighted by Crippen LogP contribution is 2.38. The van der Waals surface area contributed by atoms with E-state index in [0.29, 0.717) is 41.3 Å². The summed E-state index contributed by atoms with van der Waals surface area (Å²) in [6.45, 7) is 7.76. The van der Waals surface area contributed by atoms with Crippen molar-refractivity contribution in [3.05, 3.63) is 76.9 Å². The van der Waals surface area contributed by atoms with Gasteiger partial charge in [0.25, 0.3) is 5.56 Å². The maximum absolute atomic E-state index is 13.3. The van der Waals surface area contributed by atoms with Crippen molar-refractivity contribution < 1.29 is 9.90 Å². The molecule has 0 saturated carbocycles. The summed E-state index contributed by atoms with van der Waals surface area (Å²) in [5.74, 6) is 1.02. The predicted molar refractivity (Wildman–Crippen MR) is 154 cm³/mol. The summed E-state index contributed by atoms with van der Waals surface area (Å²) in [5.41, 5.74) is 2.81. The molecule has 1 aliphatic carbocycles. The highest BCUT2D eigenvalue weighted by atomic mass is 16.3. The molecule has 10 heteroatoms. The Morgan fingerprint density at radius 3 is 2.62 bits per heavy atom. The molecule has 206 valence electrons. The number of allylic oxidation sites excluding steroid dienone is 1. The second-order valence-corrected chi connectivity index (χ2v) is 10.6. The SMILES string of the molecule is C=CCn1c(=O)c2cnc(Nc3ccc(N4CCC(C=O)CC4)cc3)nc2n1-c1ccc2c(n1)[C@](O)(CC)CC2. The van der Waals surface area contributed by atoms with Gasteiger partial charge in [0.1, 0.15) is 17.3 Å². The first-order chi connectivity index (χ1) is 19.4. The number of pyridine rings is 1. The molecule has 0 amide bonds. The standard InChI is InChI=1S/C30H33N7O3/c1-3-15-36-28(39)24-18-31-29(32-22-6-8-23(9-7-22)35-16-12-20(19-38)13-17-35)34-27(24)37(36)25-10-5-21-11-14-30(40,4-2)26(21)33-25/h3,5-10,18-20,40H,1,4,11-17H2,2H3,(H,31,32,34)/t30-/m0/s1. The third-order valence-corrected chi connectivity index (χ3v) is 8.21. The quantitative estimate of drug-likeness (QED) is 0.256. The van der Waals surface area contributed by atoms with Crippen LogP contribution < -0.4 is 15.8 Å². The molecule has 1 saturated heterocycles. The van der Waals surface area contributed by atoms with Crippen molar-refractivity contribution in [2.45, 2.75) is 51.2 Å². The van der Waals surface area contributed by atoms with E-state index < -0.39 is 5.60 Å². The second-order valence-electron chi connectivity index (χ2n) is 10.6. The van der Waals surface area contributed by atoms with Crippen LogP contribution in [0.5, 0.6) is 0 Å². The maximum Gasteiger partial charge on any atom is 0.278 e. The number of benzene rings is 1. The zero-order chi connectivity index (χ0) is 27.9. The van der Waals surface area contributed by atoms with E-state index in [1.54, 1.807) is 10.8 Å². The normalized spacial score (nSPS) is 19.1. The van der Waals surface area contributed by atoms with Crippen molar-refractivity contribution >= 4 is 34.6 Å². The highest BCUT2D eigenvalue weighted by Gasteiger charge is 2.37. The van der Waals surface area contributed by atoms with E-state index in [-0.39, 0.29) is 18.0 Å². The Morgan fingerprint density at radius 1 is 1.15 bits per heavy atom. The number of fused-ring (bicyclic) bond motifs is 2. The molecule has 1 fully saturated rings. The Kier molecular flexibility index (Phi) is 6.71. The Bertz CT molecular complexity index is 1630. The van der Waals surface area contributed by atoms with Crippen LogP contribution in [-0.2, 0) is 23.4 Å². The van der Waals surface area contributed by atoms with Gasteiger partial charge >= 0.3 is 0 Å². The van der Waals surface area contributed by atoms with Crippen molar-refractivity contribution in [2.24, 2.45) is 5.92 Å². The van der Waals surface area contributed by atoms with E-state index in [2.05, 4.69) is 21.8 Å². The molecular formula is C30H33N7O3. The lowest BCUT2D eigenvalue weighted by Crippen LogP contribution is -2.33. The van der Waals surface area contributed by atoms with Crippen LogP contribution in [0.25, 0.3) is 16.9 Å². The minimum absolute atomic E-state index is 0.160. The van der Waals surface area contributed by atoms with Gasteiger partial charge in [0, 0.05) is 36.6 Å². The maximum atomic E-state index is 13.3. The van der Waals surface area contributed by atoms with Crippen LogP contribution >= 0.6 is 0 Å². The molecule has 4 heterocycles. The lowest BCUT2D eigenvalue weighted by molar-refractivity contribution is -0.111. The summed E-state index contributed by atoms with van der Waals surface area (Å²) in [5, 5.41) is 14.8. The molecule has 0 unspecified atom stereocenters. The first kappa shape index (κ1) is 25.9. The van der Waals surface area contributed by atoms with Crippen LogP contribution in [0.4, 0.5) is 17.3 Å². The average Bonchev–Trinajstić information content (AvgIpc) is 3.47. The van der Waals surface area contributed by atoms with Gasteiger partial charge in [-0.3, -0.25) is 4.79 Å². The second kappa shape index (κ2) is 10.3. The van der Waals surface area contributed by atoms with Crippen molar-refractivity contribution in [1.29, 1.82) is 0 Å². The topological polar surface area (TPSA) is 118 Å². The number of hydrogen-bond donors (Lipinski definition) is 2. The number of hydrogen-bond acceptors (Lipinski definition) is 8. The smallest absolute Gasteiger partial charge is 0.278 e. The summed E-state index contributed by atoms with van der Waals surface area (Å²) >= 11 is 0. The number of piperidine rings is 1. The summed E-state index contributed by atoms with van der Waals surface area (Å²) in [6, 6.07) is 11.9. The number of aliphatic hydroxyl groups is 1. The van der Waals surface area contributed by atoms with Gasteiger partial charge in [0.2, 0.25) is 5.95 Å². The number of rotatable bonds is 8. The fourth-order valence-corrected chi connectivity index (χ4v) is 5.79. The largest absolute Gasteiger partial charge is 0.384 e. The molecule has 3 aromatic heterocycles. The van der Waals surface area contributed by atoms with Crippen molar-refractivity contribution in [2.75, 3.05) is 23.3 Å². The lowest BCUT2D eigenvalue weighted by atomic mass is 9.98. The summed E-state index contributed by atoms with van der Waals surface area (Å²) in [6.07, 6.45) is 7.97. The van der Waals surface area contributed by atoms with E-state index in [9.17, 15) is 14.7 Å². The van der Waals surface area contributed by atoms with E-state index in [1.165, 1.54) is 10.9 Å². The molecule has 6 rings (SSSR count). The number of aromatic nitrogens is 5. The van der Waals surface area contributed by atoms with E-state index in [4.69, 9.17) is 9.97 Å². The number of carbonyl (C=O) groups is 1. The molecule has 0 spiro atoms. The summed E-state index contributed by atoms with van der Waals surface area (Å²) in [4.78, 5) is 40.7. The number of anilines is 3. The van der Waals surface area contributed by atoms with Gasteiger partial charge in [-0.05, 0) is 68.0 Å². The van der Waals surface area contributed by atoms with Gasteiger partial charge in [0.05, 0.1) is 12.2 Å². The molecule has 4 aromatic rings. The predicted octanol–water partition coefficient (Wildman–Crippen LogP) is 3.87. The first-order valence-corrected chi connectivity index (χ1v) is 13.8. The highest BCUT2D eigenvalue weighted by molar-refractivity contribution is 5.77. The summed E-state index contributed by atoms with van der Waals surface area (Å²) in [7, 11) is 0. The fourth-order valence-electron chi connectivity index (χ4n) is 5.79. The van der Waals surface area contributed by atoms with Crippen LogP contribution in [0.2, 0.25) is 0 Å². The van der Waals surface area contributed by atoms with E-state index >= 15 is 0 Å². The Balaban J connectivity index is 1.34. The molecule has 2 aliphatic rings. The average molecular weight is 540 g/mol. The number of carbonyl (C=O) groups excluding carboxylic acids is 1. The van der Waals surface area contributed by atoms with E-state index in [1.807, 2.05) is 43.3 Å². The Labute approximate surface area is 232 Å². The van der Waals surface area contributed by atoms with Crippen molar-refractivity contribution in [3.8, 4) is 5.82 Å². The van der Waals surface area contributed by atoms with Crippen LogP contribution in [0, 0.1) is 5.92 Å². The van der Waals surface area contributed by atoms with Gasteiger partial charge in [-0.15, -0.1) is 6.58 Å². The number of aryl methyl sites for hydroxylation is 1. The zero-order valence-electron chi connectivity index (χ0n) is 22.6. The first-order valence-electron chi connectivity index (χ1n) is 13.8. The van der Waals surface area contributed by atoms with Crippen LogP contribution in [0.15, 0.2) is 60.0 Å². The molecule has 0 bridgehead atoms. The molecule has 1 aliphatic heterocycles. The fraction of sp³-hybridized carbons (Fsp3) is 0.367. The summed E-state index contributed by atoms with van der Waals surface area (Å²) < 4.78 is 3.22. The van der Waals surface area contributed by atoms with Crippen LogP contribution in [0.3, 0.4) is 0 Å². The molecular weight excluding hydrogens is 506 g/mol. The van der Waals surface area contributed by atoms with Gasteiger partial charge in [0.15, 0.2) is 11.5 Å². The third kappa shape index (κ3) is 4.48. The van der Waals surface area contributed by atoms with Crippen LogP contribution in [-0.4, -0.2) is 48.8 Å². The minimum Gasteiger partial charge on any atom is -0.384 e. The minimum atomic E-state index is -0.976. The third-order valence-electron chi connectivity index (χ3n) is 8.21. The molecule has 40 heavy (non-hydrogen) atoms. The monoisotopic (exact) mass is 539 g/mol. The van der Waals surface area contributed by atoms with Crippen molar-refractivity contribution in [3.63, 3.8) is 0 Å². The molecule has 1 aromatic carbocycles. The number of aldehydes is 1. The number of nitrogens with one attached hydrogen (secondary N) is 1. The number of nitrogens with zero attached hydrogens (tertiary/aromatic N) is 6. The van der Waals surface area contributed by atoms with Gasteiger partial charge in [-0.1, -0.05) is 19.1 Å². The zero-order valence-corrected chi connectivity index (χ0v) is 22.6. The Morgan fingerprint density at radius 2 is 1.93 bits per heavy atom. The molecule has 10 nitrogen and oxygen atoms in total. The Hall–Kier alpha value is -4.31. The lowest BCUT2D eigenvalue weighted by Gasteiger charge is -2.31.